The van der Waals surface area contributed by atoms with Crippen LogP contribution in [0.25, 0.3) is 6.08 Å². The zero-order valence-corrected chi connectivity index (χ0v) is 16.1. The minimum absolute atomic E-state index is 0.381. The van der Waals surface area contributed by atoms with Gasteiger partial charge in [0.15, 0.2) is 6.61 Å². The summed E-state index contributed by atoms with van der Waals surface area (Å²) in [7, 11) is 3.06. The van der Waals surface area contributed by atoms with Gasteiger partial charge >= 0.3 is 5.97 Å². The minimum Gasteiger partial charge on any atom is -0.497 e. The summed E-state index contributed by atoms with van der Waals surface area (Å²) in [5, 5.41) is 3.30. The predicted octanol–water partition coefficient (Wildman–Crippen LogP) is 4.21. The molecule has 2 rings (SSSR count). The molecule has 8 heteroatoms. The van der Waals surface area contributed by atoms with Crippen molar-refractivity contribution in [3.8, 4) is 11.5 Å². The third-order valence-corrected chi connectivity index (χ3v) is 3.71. The summed E-state index contributed by atoms with van der Waals surface area (Å²) in [6, 6.07) is 9.76. The Labute approximate surface area is 166 Å². The zero-order chi connectivity index (χ0) is 19.8. The number of carbonyl (C=O) groups is 2. The highest BCUT2D eigenvalue weighted by Gasteiger charge is 2.07. The summed E-state index contributed by atoms with van der Waals surface area (Å²) in [6.07, 6.45) is 2.74. The van der Waals surface area contributed by atoms with E-state index in [1.54, 1.807) is 18.2 Å². The van der Waals surface area contributed by atoms with E-state index in [-0.39, 0.29) is 0 Å². The minimum atomic E-state index is -0.670. The molecule has 6 nitrogen and oxygen atoms in total. The number of benzene rings is 2. The fraction of sp³-hybridized carbons (Fsp3) is 0.158. The van der Waals surface area contributed by atoms with Crippen LogP contribution in [-0.2, 0) is 14.3 Å². The molecule has 0 aromatic heterocycles. The molecule has 0 saturated carbocycles. The number of carbonyl (C=O) groups excluding carboxylic acids is 2. The first kappa shape index (κ1) is 20.6. The van der Waals surface area contributed by atoms with Crippen molar-refractivity contribution >= 4 is 46.8 Å². The highest BCUT2D eigenvalue weighted by Crippen LogP contribution is 2.23. The number of rotatable bonds is 7. The smallest absolute Gasteiger partial charge is 0.331 e. The average molecular weight is 410 g/mol. The first-order valence-corrected chi connectivity index (χ1v) is 8.49. The number of methoxy groups -OCH3 is 2. The van der Waals surface area contributed by atoms with Crippen LogP contribution in [0.5, 0.6) is 11.5 Å². The molecule has 2 aromatic rings. The van der Waals surface area contributed by atoms with Gasteiger partial charge in [0.05, 0.1) is 14.2 Å². The largest absolute Gasteiger partial charge is 0.497 e. The first-order valence-electron chi connectivity index (χ1n) is 7.73. The molecular formula is C19H17Cl2NO5. The van der Waals surface area contributed by atoms with E-state index in [9.17, 15) is 9.59 Å². The molecular weight excluding hydrogens is 393 g/mol. The van der Waals surface area contributed by atoms with E-state index in [2.05, 4.69) is 5.32 Å². The van der Waals surface area contributed by atoms with Crippen molar-refractivity contribution in [2.75, 3.05) is 26.1 Å². The summed E-state index contributed by atoms with van der Waals surface area (Å²) in [6.45, 7) is -0.450. The van der Waals surface area contributed by atoms with Gasteiger partial charge < -0.3 is 19.5 Å². The van der Waals surface area contributed by atoms with E-state index in [4.69, 9.17) is 37.4 Å². The van der Waals surface area contributed by atoms with Crippen LogP contribution in [0, 0.1) is 0 Å². The lowest BCUT2D eigenvalue weighted by molar-refractivity contribution is -0.142. The number of nitrogens with one attached hydrogen (secondary N) is 1. The molecule has 0 spiro atoms. The van der Waals surface area contributed by atoms with Crippen molar-refractivity contribution in [1.82, 2.24) is 0 Å². The van der Waals surface area contributed by atoms with Crippen LogP contribution in [0.15, 0.2) is 42.5 Å². The molecule has 0 unspecified atom stereocenters. The highest BCUT2D eigenvalue weighted by molar-refractivity contribution is 6.35. The lowest BCUT2D eigenvalue weighted by Gasteiger charge is -2.07. The van der Waals surface area contributed by atoms with Crippen LogP contribution < -0.4 is 14.8 Å². The van der Waals surface area contributed by atoms with Crippen molar-refractivity contribution in [2.24, 2.45) is 0 Å². The monoisotopic (exact) mass is 409 g/mol. The second kappa shape index (κ2) is 9.85. The Bertz CT molecular complexity index is 825. The van der Waals surface area contributed by atoms with E-state index >= 15 is 0 Å². The summed E-state index contributed by atoms with van der Waals surface area (Å²) in [4.78, 5) is 23.6. The Hall–Kier alpha value is -2.70. The Balaban J connectivity index is 1.90. The van der Waals surface area contributed by atoms with Crippen molar-refractivity contribution in [1.29, 1.82) is 0 Å². The number of hydrogen-bond donors (Lipinski definition) is 1. The predicted molar refractivity (Wildman–Crippen MR) is 105 cm³/mol. The molecule has 142 valence electrons. The van der Waals surface area contributed by atoms with Gasteiger partial charge in [-0.2, -0.15) is 0 Å². The molecule has 0 heterocycles. The van der Waals surface area contributed by atoms with Gasteiger partial charge in [0.2, 0.25) is 0 Å². The Morgan fingerprint density at radius 1 is 0.963 bits per heavy atom. The van der Waals surface area contributed by atoms with Crippen molar-refractivity contribution < 1.29 is 23.8 Å². The zero-order valence-electron chi connectivity index (χ0n) is 14.6. The van der Waals surface area contributed by atoms with Gasteiger partial charge in [-0.15, -0.1) is 0 Å². The molecule has 0 aliphatic heterocycles. The van der Waals surface area contributed by atoms with Gasteiger partial charge in [-0.3, -0.25) is 4.79 Å². The Morgan fingerprint density at radius 3 is 2.11 bits per heavy atom. The lowest BCUT2D eigenvalue weighted by atomic mass is 10.2. The normalized spacial score (nSPS) is 10.5. The molecule has 0 aliphatic rings. The van der Waals surface area contributed by atoms with Crippen LogP contribution in [0.3, 0.4) is 0 Å². The second-order valence-corrected chi connectivity index (χ2v) is 6.17. The Morgan fingerprint density at radius 2 is 1.56 bits per heavy atom. The number of anilines is 1. The lowest BCUT2D eigenvalue weighted by Crippen LogP contribution is -2.20. The molecule has 0 saturated heterocycles. The molecule has 0 fully saturated rings. The van der Waals surface area contributed by atoms with Crippen LogP contribution in [-0.4, -0.2) is 32.7 Å². The van der Waals surface area contributed by atoms with Gasteiger partial charge in [0.1, 0.15) is 11.5 Å². The van der Waals surface area contributed by atoms with E-state index < -0.39 is 18.5 Å². The molecule has 0 radical (unpaired) electrons. The van der Waals surface area contributed by atoms with Gasteiger partial charge in [-0.1, -0.05) is 23.2 Å². The fourth-order valence-corrected chi connectivity index (χ4v) is 2.62. The number of ether oxygens (including phenoxy) is 3. The third-order valence-electron chi connectivity index (χ3n) is 3.28. The molecule has 2 aromatic carbocycles. The average Bonchev–Trinajstić information content (AvgIpc) is 2.63. The summed E-state index contributed by atoms with van der Waals surface area (Å²) in [5.74, 6) is -0.0157. The number of hydrogen-bond acceptors (Lipinski definition) is 5. The van der Waals surface area contributed by atoms with Crippen molar-refractivity contribution in [3.63, 3.8) is 0 Å². The van der Waals surface area contributed by atoms with Gasteiger partial charge in [-0.25, -0.2) is 4.79 Å². The summed E-state index contributed by atoms with van der Waals surface area (Å²) >= 11 is 11.7. The maximum absolute atomic E-state index is 11.8. The topological polar surface area (TPSA) is 73.9 Å². The number of amides is 1. The first-order chi connectivity index (χ1) is 12.9. The SMILES string of the molecule is COc1cc(/C=C/C(=O)OCC(=O)Nc2cc(Cl)cc(Cl)c2)cc(OC)c1. The fourth-order valence-electron chi connectivity index (χ4n) is 2.10. The van der Waals surface area contributed by atoms with Crippen LogP contribution in [0.1, 0.15) is 5.56 Å². The van der Waals surface area contributed by atoms with E-state index in [0.717, 1.165) is 0 Å². The van der Waals surface area contributed by atoms with Gasteiger partial charge in [0, 0.05) is 27.9 Å². The maximum Gasteiger partial charge on any atom is 0.331 e. The van der Waals surface area contributed by atoms with Crippen molar-refractivity contribution in [2.45, 2.75) is 0 Å². The standard InChI is InChI=1S/C19H17Cl2NO5/c1-25-16-5-12(6-17(10-16)26-2)3-4-19(24)27-11-18(23)22-15-8-13(20)7-14(21)9-15/h3-10H,11H2,1-2H3,(H,22,23)/b4-3+. The van der Waals surface area contributed by atoms with E-state index in [0.29, 0.717) is 32.8 Å². The summed E-state index contributed by atoms with van der Waals surface area (Å²) in [5.41, 5.74) is 1.09. The van der Waals surface area contributed by atoms with Gasteiger partial charge in [-0.05, 0) is 42.0 Å². The molecule has 0 bridgehead atoms. The van der Waals surface area contributed by atoms with Crippen LogP contribution in [0.4, 0.5) is 5.69 Å². The van der Waals surface area contributed by atoms with Crippen LogP contribution in [0.2, 0.25) is 10.0 Å². The summed E-state index contributed by atoms with van der Waals surface area (Å²) < 4.78 is 15.2. The highest BCUT2D eigenvalue weighted by atomic mass is 35.5. The second-order valence-electron chi connectivity index (χ2n) is 5.29. The molecule has 1 N–H and O–H groups in total. The van der Waals surface area contributed by atoms with E-state index in [1.807, 2.05) is 0 Å². The quantitative estimate of drug-likeness (QED) is 0.547. The molecule has 27 heavy (non-hydrogen) atoms. The molecule has 0 atom stereocenters. The Kier molecular flexibility index (Phi) is 7.52. The molecule has 0 aliphatic carbocycles. The van der Waals surface area contributed by atoms with Crippen molar-refractivity contribution in [3.05, 3.63) is 58.1 Å². The van der Waals surface area contributed by atoms with E-state index in [1.165, 1.54) is 44.6 Å². The third kappa shape index (κ3) is 6.84. The number of halogens is 2. The number of esters is 1. The van der Waals surface area contributed by atoms with Crippen LogP contribution >= 0.6 is 23.2 Å². The van der Waals surface area contributed by atoms with Gasteiger partial charge in [0.25, 0.3) is 5.91 Å². The molecule has 1 amide bonds. The maximum atomic E-state index is 11.8.